The molecule has 0 atom stereocenters. The van der Waals surface area contributed by atoms with Crippen LogP contribution in [0.15, 0.2) is 24.3 Å². The highest BCUT2D eigenvalue weighted by Crippen LogP contribution is 2.21. The monoisotopic (exact) mass is 282 g/mol. The number of benzene rings is 1. The highest BCUT2D eigenvalue weighted by Gasteiger charge is 2.23. The number of carbonyl (C=O) groups excluding carboxylic acids is 1. The number of carboxylic acid groups (broad SMARTS) is 1. The molecule has 1 aliphatic rings. The summed E-state index contributed by atoms with van der Waals surface area (Å²) < 4.78 is 0. The van der Waals surface area contributed by atoms with Crippen molar-refractivity contribution in [3.8, 4) is 0 Å². The van der Waals surface area contributed by atoms with Crippen molar-refractivity contribution >= 4 is 29.2 Å². The summed E-state index contributed by atoms with van der Waals surface area (Å²) in [5, 5.41) is 9.17. The summed E-state index contributed by atoms with van der Waals surface area (Å²) in [6.45, 7) is 2.37. The Morgan fingerprint density at radius 2 is 1.79 bits per heavy atom. The van der Waals surface area contributed by atoms with Crippen molar-refractivity contribution in [1.29, 1.82) is 0 Å². The summed E-state index contributed by atoms with van der Waals surface area (Å²) in [4.78, 5) is 26.3. The first kappa shape index (κ1) is 13.7. The largest absolute Gasteiger partial charge is 0.478 e. The van der Waals surface area contributed by atoms with Crippen molar-refractivity contribution in [3.05, 3.63) is 29.8 Å². The third-order valence-corrected chi connectivity index (χ3v) is 3.45. The second kappa shape index (κ2) is 5.93. The maximum Gasteiger partial charge on any atom is 0.337 e. The third kappa shape index (κ3) is 2.98. The Hall–Kier alpha value is -1.75. The SMILES string of the molecule is O=C(O)c1ccccc1N1CCN(C(=O)CCl)CC1. The lowest BCUT2D eigenvalue weighted by Crippen LogP contribution is -2.49. The third-order valence-electron chi connectivity index (χ3n) is 3.22. The summed E-state index contributed by atoms with van der Waals surface area (Å²) in [5.41, 5.74) is 0.993. The number of carbonyl (C=O) groups is 2. The number of piperazine rings is 1. The first-order chi connectivity index (χ1) is 9.13. The molecular formula is C13H15ClN2O3. The molecule has 5 nitrogen and oxygen atoms in total. The second-order valence-corrected chi connectivity index (χ2v) is 4.59. The van der Waals surface area contributed by atoms with Crippen LogP contribution in [0, 0.1) is 0 Å². The Balaban J connectivity index is 2.10. The lowest BCUT2D eigenvalue weighted by atomic mass is 10.1. The van der Waals surface area contributed by atoms with Crippen molar-refractivity contribution in [1.82, 2.24) is 4.90 Å². The number of halogens is 1. The van der Waals surface area contributed by atoms with Crippen LogP contribution >= 0.6 is 11.6 Å². The van der Waals surface area contributed by atoms with Gasteiger partial charge in [-0.15, -0.1) is 11.6 Å². The van der Waals surface area contributed by atoms with E-state index in [1.54, 1.807) is 23.1 Å². The molecule has 0 aliphatic carbocycles. The Morgan fingerprint density at radius 3 is 2.37 bits per heavy atom. The molecule has 0 saturated carbocycles. The average molecular weight is 283 g/mol. The summed E-state index contributed by atoms with van der Waals surface area (Å²) in [6, 6.07) is 6.91. The molecule has 0 radical (unpaired) electrons. The Kier molecular flexibility index (Phi) is 4.27. The molecule has 0 bridgehead atoms. The van der Waals surface area contributed by atoms with Gasteiger partial charge in [-0.1, -0.05) is 12.1 Å². The second-order valence-electron chi connectivity index (χ2n) is 4.32. The van der Waals surface area contributed by atoms with E-state index in [4.69, 9.17) is 16.7 Å². The van der Waals surface area contributed by atoms with E-state index in [0.717, 1.165) is 0 Å². The summed E-state index contributed by atoms with van der Waals surface area (Å²) in [7, 11) is 0. The predicted octanol–water partition coefficient (Wildman–Crippen LogP) is 1.27. The van der Waals surface area contributed by atoms with Gasteiger partial charge >= 0.3 is 5.97 Å². The van der Waals surface area contributed by atoms with Crippen LogP contribution in [-0.2, 0) is 4.79 Å². The maximum atomic E-state index is 11.5. The van der Waals surface area contributed by atoms with Crippen molar-refractivity contribution in [2.24, 2.45) is 0 Å². The highest BCUT2D eigenvalue weighted by atomic mass is 35.5. The van der Waals surface area contributed by atoms with Crippen molar-refractivity contribution in [2.45, 2.75) is 0 Å². The van der Waals surface area contributed by atoms with E-state index in [9.17, 15) is 9.59 Å². The number of alkyl halides is 1. The molecular weight excluding hydrogens is 268 g/mol. The topological polar surface area (TPSA) is 60.9 Å². The molecule has 0 unspecified atom stereocenters. The molecule has 0 spiro atoms. The van der Waals surface area contributed by atoms with Crippen LogP contribution in [-0.4, -0.2) is 53.9 Å². The van der Waals surface area contributed by atoms with Gasteiger partial charge in [0.05, 0.1) is 11.3 Å². The summed E-state index contributed by atoms with van der Waals surface area (Å²) in [5.74, 6) is -1.02. The Morgan fingerprint density at radius 1 is 1.16 bits per heavy atom. The molecule has 1 aromatic carbocycles. The lowest BCUT2D eigenvalue weighted by Gasteiger charge is -2.36. The Labute approximate surface area is 116 Å². The molecule has 1 fully saturated rings. The smallest absolute Gasteiger partial charge is 0.337 e. The lowest BCUT2D eigenvalue weighted by molar-refractivity contribution is -0.128. The van der Waals surface area contributed by atoms with Gasteiger partial charge in [-0.2, -0.15) is 0 Å². The predicted molar refractivity (Wildman–Crippen MR) is 72.9 cm³/mol. The van der Waals surface area contributed by atoms with Crippen LogP contribution in [0.4, 0.5) is 5.69 Å². The quantitative estimate of drug-likeness (QED) is 0.848. The number of carboxylic acids is 1. The zero-order valence-corrected chi connectivity index (χ0v) is 11.1. The van der Waals surface area contributed by atoms with E-state index in [2.05, 4.69) is 0 Å². The number of hydrogen-bond acceptors (Lipinski definition) is 3. The minimum Gasteiger partial charge on any atom is -0.478 e. The first-order valence-corrected chi connectivity index (χ1v) is 6.58. The van der Waals surface area contributed by atoms with E-state index in [-0.39, 0.29) is 11.8 Å². The molecule has 1 heterocycles. The van der Waals surface area contributed by atoms with Crippen LogP contribution in [0.1, 0.15) is 10.4 Å². The van der Waals surface area contributed by atoms with Gasteiger partial charge in [-0.25, -0.2) is 4.79 Å². The molecule has 19 heavy (non-hydrogen) atoms. The minimum atomic E-state index is -0.935. The van der Waals surface area contributed by atoms with E-state index >= 15 is 0 Å². The van der Waals surface area contributed by atoms with Gasteiger partial charge < -0.3 is 14.9 Å². The molecule has 1 saturated heterocycles. The molecule has 2 rings (SSSR count). The zero-order chi connectivity index (χ0) is 13.8. The highest BCUT2D eigenvalue weighted by molar-refractivity contribution is 6.27. The number of aromatic carboxylic acids is 1. The molecule has 102 valence electrons. The van der Waals surface area contributed by atoms with Gasteiger partial charge in [0.15, 0.2) is 0 Å². The molecule has 1 aromatic rings. The van der Waals surface area contributed by atoms with Crippen LogP contribution in [0.5, 0.6) is 0 Å². The number of anilines is 1. The van der Waals surface area contributed by atoms with E-state index in [1.165, 1.54) is 0 Å². The van der Waals surface area contributed by atoms with E-state index < -0.39 is 5.97 Å². The van der Waals surface area contributed by atoms with Gasteiger partial charge in [0.1, 0.15) is 5.88 Å². The zero-order valence-electron chi connectivity index (χ0n) is 10.4. The molecule has 1 aliphatic heterocycles. The number of amides is 1. The van der Waals surface area contributed by atoms with Crippen molar-refractivity contribution in [2.75, 3.05) is 37.0 Å². The minimum absolute atomic E-state index is 0.00822. The molecule has 1 N–H and O–H groups in total. The van der Waals surface area contributed by atoms with Crippen LogP contribution in [0.3, 0.4) is 0 Å². The number of para-hydroxylation sites is 1. The molecule has 6 heteroatoms. The summed E-state index contributed by atoms with van der Waals surface area (Å²) in [6.07, 6.45) is 0. The van der Waals surface area contributed by atoms with Gasteiger partial charge in [0.25, 0.3) is 0 Å². The fourth-order valence-electron chi connectivity index (χ4n) is 2.21. The van der Waals surface area contributed by atoms with Gasteiger partial charge in [0.2, 0.25) is 5.91 Å². The van der Waals surface area contributed by atoms with Crippen LogP contribution < -0.4 is 4.90 Å². The molecule has 0 aromatic heterocycles. The first-order valence-electron chi connectivity index (χ1n) is 6.04. The Bertz CT molecular complexity index is 485. The number of nitrogens with zero attached hydrogens (tertiary/aromatic N) is 2. The fourth-order valence-corrected chi connectivity index (χ4v) is 2.38. The van der Waals surface area contributed by atoms with E-state index in [0.29, 0.717) is 37.4 Å². The van der Waals surface area contributed by atoms with Crippen LogP contribution in [0.2, 0.25) is 0 Å². The standard InChI is InChI=1S/C13H15ClN2O3/c14-9-12(17)16-7-5-15(6-8-16)11-4-2-1-3-10(11)13(18)19/h1-4H,5-9H2,(H,18,19). The normalized spacial score (nSPS) is 15.4. The number of rotatable bonds is 3. The van der Waals surface area contributed by atoms with Crippen molar-refractivity contribution in [3.63, 3.8) is 0 Å². The fraction of sp³-hybridized carbons (Fsp3) is 0.385. The number of hydrogen-bond donors (Lipinski definition) is 1. The summed E-state index contributed by atoms with van der Waals surface area (Å²) >= 11 is 5.52. The van der Waals surface area contributed by atoms with Crippen molar-refractivity contribution < 1.29 is 14.7 Å². The average Bonchev–Trinajstić information content (AvgIpc) is 2.46. The van der Waals surface area contributed by atoms with Gasteiger partial charge in [-0.3, -0.25) is 4.79 Å². The van der Waals surface area contributed by atoms with Crippen LogP contribution in [0.25, 0.3) is 0 Å². The van der Waals surface area contributed by atoms with Gasteiger partial charge in [0, 0.05) is 26.2 Å². The van der Waals surface area contributed by atoms with E-state index in [1.807, 2.05) is 11.0 Å². The molecule has 1 amide bonds. The van der Waals surface area contributed by atoms with Gasteiger partial charge in [-0.05, 0) is 12.1 Å². The maximum absolute atomic E-state index is 11.5.